The molecule has 2 rings (SSSR count). The summed E-state index contributed by atoms with van der Waals surface area (Å²) in [4.78, 5) is 9.90. The zero-order valence-electron chi connectivity index (χ0n) is 11.0. The predicted octanol–water partition coefficient (Wildman–Crippen LogP) is 1.45. The van der Waals surface area contributed by atoms with Crippen LogP contribution in [0.4, 0.5) is 16.5 Å². The number of hydrogen-bond acceptors (Lipinski definition) is 8. The summed E-state index contributed by atoms with van der Waals surface area (Å²) in [5.74, 6) is 0. The van der Waals surface area contributed by atoms with E-state index in [2.05, 4.69) is 14.9 Å². The van der Waals surface area contributed by atoms with Crippen molar-refractivity contribution in [2.24, 2.45) is 0 Å². The molecule has 0 aliphatic heterocycles. The van der Waals surface area contributed by atoms with Crippen molar-refractivity contribution in [3.8, 4) is 0 Å². The number of nitro benzene ring substituents is 1. The number of benzene rings is 1. The van der Waals surface area contributed by atoms with Gasteiger partial charge in [-0.05, 0) is 25.5 Å². The Hall–Kier alpha value is -2.27. The van der Waals surface area contributed by atoms with Gasteiger partial charge in [0.05, 0.1) is 9.82 Å². The Morgan fingerprint density at radius 3 is 2.52 bits per heavy atom. The minimum absolute atomic E-state index is 0.0892. The fourth-order valence-corrected chi connectivity index (χ4v) is 3.72. The van der Waals surface area contributed by atoms with Crippen LogP contribution in [0.2, 0.25) is 0 Å². The lowest BCUT2D eigenvalue weighted by Crippen LogP contribution is -2.15. The maximum Gasteiger partial charge on any atom is 0.293 e. The number of hydrogen-bond donors (Lipinski definition) is 2. The normalized spacial score (nSPS) is 11.3. The highest BCUT2D eigenvalue weighted by atomic mass is 32.2. The van der Waals surface area contributed by atoms with Crippen LogP contribution < -0.4 is 10.5 Å². The lowest BCUT2D eigenvalue weighted by molar-refractivity contribution is -0.384. The summed E-state index contributed by atoms with van der Waals surface area (Å²) in [6.07, 6.45) is 0. The third-order valence-corrected chi connectivity index (χ3v) is 4.92. The minimum Gasteiger partial charge on any atom is -0.393 e. The first-order valence-corrected chi connectivity index (χ1v) is 7.88. The topological polar surface area (TPSA) is 141 Å². The van der Waals surface area contributed by atoms with Gasteiger partial charge in [-0.15, -0.1) is 10.2 Å². The molecule has 0 saturated heterocycles. The van der Waals surface area contributed by atoms with Gasteiger partial charge in [0.25, 0.3) is 15.7 Å². The Kier molecular flexibility index (Phi) is 3.78. The van der Waals surface area contributed by atoms with Crippen molar-refractivity contribution < 1.29 is 13.3 Å². The maximum absolute atomic E-state index is 12.3. The van der Waals surface area contributed by atoms with E-state index in [-0.39, 0.29) is 15.7 Å². The second-order valence-corrected chi connectivity index (χ2v) is 7.00. The smallest absolute Gasteiger partial charge is 0.293 e. The van der Waals surface area contributed by atoms with E-state index in [1.54, 1.807) is 6.92 Å². The number of nitrogens with zero attached hydrogens (tertiary/aromatic N) is 3. The molecule has 0 unspecified atom stereocenters. The summed E-state index contributed by atoms with van der Waals surface area (Å²) >= 11 is 1.06. The molecule has 0 bridgehead atoms. The first-order chi connectivity index (χ1) is 9.70. The van der Waals surface area contributed by atoms with E-state index in [0.717, 1.165) is 17.4 Å². The lowest BCUT2D eigenvalue weighted by Gasteiger charge is -2.09. The van der Waals surface area contributed by atoms with Gasteiger partial charge in [0.2, 0.25) is 5.13 Å². The fraction of sp³-hybridized carbons (Fsp3) is 0.200. The highest BCUT2D eigenvalue weighted by molar-refractivity contribution is 7.93. The molecule has 0 radical (unpaired) electrons. The van der Waals surface area contributed by atoms with Crippen LogP contribution in [0, 0.1) is 24.0 Å². The Labute approximate surface area is 124 Å². The monoisotopic (exact) mass is 329 g/mol. The van der Waals surface area contributed by atoms with Gasteiger partial charge in [0, 0.05) is 6.07 Å². The molecule has 0 amide bonds. The van der Waals surface area contributed by atoms with E-state index < -0.39 is 20.6 Å². The summed E-state index contributed by atoms with van der Waals surface area (Å²) in [5, 5.41) is 18.9. The van der Waals surface area contributed by atoms with Gasteiger partial charge in [-0.3, -0.25) is 14.8 Å². The molecular formula is C10H11N5O4S2. The largest absolute Gasteiger partial charge is 0.393 e. The van der Waals surface area contributed by atoms with E-state index in [1.165, 1.54) is 13.0 Å². The molecule has 1 aromatic heterocycles. The SMILES string of the molecule is Cc1nnc(NS(=O)(=O)c2cc([N+](=O)[O-])c(N)cc2C)s1. The van der Waals surface area contributed by atoms with Crippen LogP contribution in [-0.2, 0) is 10.0 Å². The number of rotatable bonds is 4. The zero-order chi connectivity index (χ0) is 15.8. The van der Waals surface area contributed by atoms with Gasteiger partial charge >= 0.3 is 0 Å². The van der Waals surface area contributed by atoms with Crippen LogP contribution in [0.15, 0.2) is 17.0 Å². The maximum atomic E-state index is 12.3. The lowest BCUT2D eigenvalue weighted by atomic mass is 10.2. The first-order valence-electron chi connectivity index (χ1n) is 5.58. The highest BCUT2D eigenvalue weighted by Crippen LogP contribution is 2.29. The first kappa shape index (κ1) is 15.1. The average Bonchev–Trinajstić information content (AvgIpc) is 2.72. The molecule has 21 heavy (non-hydrogen) atoms. The highest BCUT2D eigenvalue weighted by Gasteiger charge is 2.24. The number of nitro groups is 1. The van der Waals surface area contributed by atoms with E-state index >= 15 is 0 Å². The van der Waals surface area contributed by atoms with Crippen LogP contribution in [0.3, 0.4) is 0 Å². The molecule has 2 aromatic rings. The Morgan fingerprint density at radius 2 is 2.00 bits per heavy atom. The molecule has 0 saturated carbocycles. The van der Waals surface area contributed by atoms with E-state index in [1.807, 2.05) is 0 Å². The zero-order valence-corrected chi connectivity index (χ0v) is 12.7. The summed E-state index contributed by atoms with van der Waals surface area (Å²) < 4.78 is 26.8. The van der Waals surface area contributed by atoms with Crippen molar-refractivity contribution in [3.63, 3.8) is 0 Å². The molecule has 3 N–H and O–H groups in total. The van der Waals surface area contributed by atoms with Crippen molar-refractivity contribution in [2.75, 3.05) is 10.5 Å². The number of nitrogens with two attached hydrogens (primary N) is 1. The number of aromatic nitrogens is 2. The predicted molar refractivity (Wildman–Crippen MR) is 77.7 cm³/mol. The average molecular weight is 329 g/mol. The van der Waals surface area contributed by atoms with E-state index in [9.17, 15) is 18.5 Å². The van der Waals surface area contributed by atoms with Gasteiger partial charge < -0.3 is 5.73 Å². The third kappa shape index (κ3) is 3.08. The summed E-state index contributed by atoms with van der Waals surface area (Å²) in [7, 11) is -4.01. The molecule has 1 heterocycles. The Morgan fingerprint density at radius 1 is 1.33 bits per heavy atom. The van der Waals surface area contributed by atoms with Gasteiger partial charge in [-0.1, -0.05) is 11.3 Å². The van der Waals surface area contributed by atoms with Crippen LogP contribution in [0.25, 0.3) is 0 Å². The number of anilines is 2. The molecule has 0 spiro atoms. The van der Waals surface area contributed by atoms with Crippen molar-refractivity contribution in [3.05, 3.63) is 32.8 Å². The van der Waals surface area contributed by atoms with Crippen molar-refractivity contribution in [1.82, 2.24) is 10.2 Å². The molecular weight excluding hydrogens is 318 g/mol. The van der Waals surface area contributed by atoms with E-state index in [0.29, 0.717) is 10.6 Å². The molecule has 11 heteroatoms. The molecule has 0 aliphatic carbocycles. The molecule has 9 nitrogen and oxygen atoms in total. The van der Waals surface area contributed by atoms with Crippen molar-refractivity contribution in [1.29, 1.82) is 0 Å². The Bertz CT molecular complexity index is 815. The molecule has 0 aliphatic rings. The molecule has 0 fully saturated rings. The van der Waals surface area contributed by atoms with Crippen LogP contribution in [-0.4, -0.2) is 23.5 Å². The molecule has 0 atom stereocenters. The van der Waals surface area contributed by atoms with Crippen LogP contribution in [0.1, 0.15) is 10.6 Å². The van der Waals surface area contributed by atoms with Gasteiger partial charge in [-0.2, -0.15) is 0 Å². The van der Waals surface area contributed by atoms with Crippen molar-refractivity contribution >= 4 is 37.9 Å². The summed E-state index contributed by atoms with van der Waals surface area (Å²) in [6, 6.07) is 2.18. The Balaban J connectivity index is 2.49. The van der Waals surface area contributed by atoms with Crippen LogP contribution in [0.5, 0.6) is 0 Å². The summed E-state index contributed by atoms with van der Waals surface area (Å²) in [6.45, 7) is 3.18. The third-order valence-electron chi connectivity index (χ3n) is 2.56. The van der Waals surface area contributed by atoms with Gasteiger partial charge in [-0.25, -0.2) is 8.42 Å². The number of nitrogens with one attached hydrogen (secondary N) is 1. The molecule has 112 valence electrons. The molecule has 1 aromatic carbocycles. The number of sulfonamides is 1. The second kappa shape index (κ2) is 5.26. The fourth-order valence-electron chi connectivity index (χ4n) is 1.66. The number of aryl methyl sites for hydroxylation is 2. The van der Waals surface area contributed by atoms with Gasteiger partial charge in [0.15, 0.2) is 0 Å². The van der Waals surface area contributed by atoms with Gasteiger partial charge in [0.1, 0.15) is 10.7 Å². The standard InChI is InChI=1S/C10H11N5O4S2/c1-5-3-7(11)8(15(16)17)4-9(5)21(18,19)14-10-13-12-6(2)20-10/h3-4H,11H2,1-2H3,(H,13,14). The number of nitrogen functional groups attached to an aromatic ring is 1. The quantitative estimate of drug-likeness (QED) is 0.491. The van der Waals surface area contributed by atoms with Crippen molar-refractivity contribution in [2.45, 2.75) is 18.7 Å². The van der Waals surface area contributed by atoms with E-state index in [4.69, 9.17) is 5.73 Å². The van der Waals surface area contributed by atoms with Crippen LogP contribution >= 0.6 is 11.3 Å². The minimum atomic E-state index is -4.01. The summed E-state index contributed by atoms with van der Waals surface area (Å²) in [5.41, 5.74) is 5.25. The second-order valence-electron chi connectivity index (χ2n) is 4.17.